The molecule has 0 heterocycles. The van der Waals surface area contributed by atoms with Crippen molar-refractivity contribution in [3.63, 3.8) is 0 Å². The van der Waals surface area contributed by atoms with Gasteiger partial charge in [0.25, 0.3) is 0 Å². The normalized spacial score (nSPS) is 11.8. The predicted octanol–water partition coefficient (Wildman–Crippen LogP) is 5.05. The van der Waals surface area contributed by atoms with Crippen molar-refractivity contribution in [3.8, 4) is 0 Å². The van der Waals surface area contributed by atoms with E-state index in [2.05, 4.69) is 55.9 Å². The van der Waals surface area contributed by atoms with Crippen molar-refractivity contribution in [2.24, 2.45) is 0 Å². The number of hydrogen-bond donors (Lipinski definition) is 2. The quantitative estimate of drug-likeness (QED) is 0.769. The first-order valence-electron chi connectivity index (χ1n) is 8.15. The molecule has 0 aliphatic heterocycles. The van der Waals surface area contributed by atoms with Crippen LogP contribution in [-0.2, 0) is 10.0 Å². The summed E-state index contributed by atoms with van der Waals surface area (Å²) in [7, 11) is -3.26. The third kappa shape index (κ3) is 4.74. The van der Waals surface area contributed by atoms with E-state index in [-0.39, 0.29) is 0 Å². The minimum absolute atomic E-state index is 0.414. The Morgan fingerprint density at radius 2 is 1.25 bits per heavy atom. The van der Waals surface area contributed by atoms with E-state index in [0.29, 0.717) is 17.5 Å². The van der Waals surface area contributed by atoms with Gasteiger partial charge in [-0.25, -0.2) is 8.42 Å². The van der Waals surface area contributed by atoms with E-state index >= 15 is 0 Å². The highest BCUT2D eigenvalue weighted by Crippen LogP contribution is 2.34. The molecule has 2 aromatic carbocycles. The number of sulfonamides is 1. The zero-order valence-electron chi connectivity index (χ0n) is 14.9. The number of nitrogens with one attached hydrogen (secondary N) is 2. The molecule has 5 heteroatoms. The molecule has 0 amide bonds. The Labute approximate surface area is 145 Å². The van der Waals surface area contributed by atoms with E-state index in [1.54, 1.807) is 12.1 Å². The van der Waals surface area contributed by atoms with Crippen molar-refractivity contribution in [2.45, 2.75) is 39.5 Å². The number of hydrogen-bond acceptors (Lipinski definition) is 3. The van der Waals surface area contributed by atoms with Crippen LogP contribution in [0.15, 0.2) is 42.5 Å². The molecule has 4 nitrogen and oxygen atoms in total. The number of anilines is 3. The van der Waals surface area contributed by atoms with E-state index in [0.717, 1.165) is 17.6 Å². The van der Waals surface area contributed by atoms with Gasteiger partial charge in [-0.1, -0.05) is 45.9 Å². The highest BCUT2D eigenvalue weighted by Gasteiger charge is 2.14. The number of para-hydroxylation sites is 1. The van der Waals surface area contributed by atoms with E-state index in [9.17, 15) is 8.42 Å². The molecule has 0 saturated heterocycles. The fourth-order valence-corrected chi connectivity index (χ4v) is 3.24. The van der Waals surface area contributed by atoms with Gasteiger partial charge in [-0.2, -0.15) is 0 Å². The lowest BCUT2D eigenvalue weighted by Crippen LogP contribution is -2.09. The summed E-state index contributed by atoms with van der Waals surface area (Å²) in [6.45, 7) is 8.74. The van der Waals surface area contributed by atoms with Gasteiger partial charge in [-0.15, -0.1) is 0 Å². The van der Waals surface area contributed by atoms with Crippen molar-refractivity contribution < 1.29 is 8.42 Å². The molecule has 0 aliphatic rings. The Balaban J connectivity index is 2.34. The Morgan fingerprint density at radius 1 is 0.792 bits per heavy atom. The van der Waals surface area contributed by atoms with Crippen molar-refractivity contribution in [1.82, 2.24) is 0 Å². The lowest BCUT2D eigenvalue weighted by molar-refractivity contribution is 0.607. The van der Waals surface area contributed by atoms with Gasteiger partial charge in [0.05, 0.1) is 6.26 Å². The zero-order chi connectivity index (χ0) is 17.9. The van der Waals surface area contributed by atoms with Gasteiger partial charge in [-0.3, -0.25) is 4.72 Å². The molecule has 130 valence electrons. The van der Waals surface area contributed by atoms with Crippen LogP contribution in [0.4, 0.5) is 17.1 Å². The zero-order valence-corrected chi connectivity index (χ0v) is 15.7. The van der Waals surface area contributed by atoms with Gasteiger partial charge >= 0.3 is 0 Å². The van der Waals surface area contributed by atoms with E-state index in [1.807, 2.05) is 12.1 Å². The second-order valence-electron chi connectivity index (χ2n) is 6.70. The van der Waals surface area contributed by atoms with Crippen molar-refractivity contribution in [2.75, 3.05) is 16.3 Å². The predicted molar refractivity (Wildman–Crippen MR) is 103 cm³/mol. The fraction of sp³-hybridized carbons (Fsp3) is 0.368. The maximum Gasteiger partial charge on any atom is 0.229 e. The van der Waals surface area contributed by atoms with Crippen LogP contribution in [0.2, 0.25) is 0 Å². The van der Waals surface area contributed by atoms with Crippen LogP contribution in [0.1, 0.15) is 50.7 Å². The molecule has 24 heavy (non-hydrogen) atoms. The molecule has 0 unspecified atom stereocenters. The van der Waals surface area contributed by atoms with Crippen molar-refractivity contribution >= 4 is 27.1 Å². The molecule has 0 atom stereocenters. The average molecular weight is 346 g/mol. The molecular formula is C19H26N2O2S. The molecule has 2 aromatic rings. The SMILES string of the molecule is CC(C)c1cccc(C(C)C)c1Nc1ccc(NS(C)(=O)=O)cc1. The first-order valence-corrected chi connectivity index (χ1v) is 10.0. The molecule has 0 saturated carbocycles. The highest BCUT2D eigenvalue weighted by atomic mass is 32.2. The Morgan fingerprint density at radius 3 is 1.67 bits per heavy atom. The molecule has 2 N–H and O–H groups in total. The topological polar surface area (TPSA) is 58.2 Å². The maximum atomic E-state index is 11.3. The summed E-state index contributed by atoms with van der Waals surface area (Å²) in [5.41, 5.74) is 5.19. The van der Waals surface area contributed by atoms with Crippen LogP contribution in [0.25, 0.3) is 0 Å². The van der Waals surface area contributed by atoms with E-state index < -0.39 is 10.0 Å². The molecule has 2 rings (SSSR count). The van der Waals surface area contributed by atoms with Crippen LogP contribution >= 0.6 is 0 Å². The first-order chi connectivity index (χ1) is 11.2. The van der Waals surface area contributed by atoms with Crippen LogP contribution in [0.3, 0.4) is 0 Å². The lowest BCUT2D eigenvalue weighted by Gasteiger charge is -2.21. The average Bonchev–Trinajstić information content (AvgIpc) is 2.47. The number of rotatable bonds is 6. The van der Waals surface area contributed by atoms with Crippen molar-refractivity contribution in [3.05, 3.63) is 53.6 Å². The second-order valence-corrected chi connectivity index (χ2v) is 8.45. The third-order valence-electron chi connectivity index (χ3n) is 3.83. The lowest BCUT2D eigenvalue weighted by atomic mass is 9.92. The van der Waals surface area contributed by atoms with Gasteiger partial charge < -0.3 is 5.32 Å². The Kier molecular flexibility index (Phi) is 5.54. The largest absolute Gasteiger partial charge is 0.355 e. The molecule has 0 aromatic heterocycles. The summed E-state index contributed by atoms with van der Waals surface area (Å²) in [6.07, 6.45) is 1.15. The van der Waals surface area contributed by atoms with E-state index in [1.165, 1.54) is 11.1 Å². The maximum absolute atomic E-state index is 11.3. The minimum atomic E-state index is -3.26. The molecule has 0 spiro atoms. The molecule has 0 radical (unpaired) electrons. The highest BCUT2D eigenvalue weighted by molar-refractivity contribution is 7.92. The molecule has 0 bridgehead atoms. The minimum Gasteiger partial charge on any atom is -0.355 e. The molecule has 0 fully saturated rings. The van der Waals surface area contributed by atoms with Crippen molar-refractivity contribution in [1.29, 1.82) is 0 Å². The van der Waals surface area contributed by atoms with Gasteiger partial charge in [0.15, 0.2) is 0 Å². The van der Waals surface area contributed by atoms with Gasteiger partial charge in [0, 0.05) is 17.1 Å². The number of benzene rings is 2. The summed E-state index contributed by atoms with van der Waals surface area (Å²) >= 11 is 0. The smallest absolute Gasteiger partial charge is 0.229 e. The fourth-order valence-electron chi connectivity index (χ4n) is 2.68. The van der Waals surface area contributed by atoms with Crippen LogP contribution in [0, 0.1) is 0 Å². The summed E-state index contributed by atoms with van der Waals surface area (Å²) in [5.74, 6) is 0.828. The standard InChI is InChI=1S/C19H26N2O2S/c1-13(2)17-7-6-8-18(14(3)4)19(17)20-15-9-11-16(12-10-15)21-24(5,22)23/h6-14,20-21H,1-5H3. The Hall–Kier alpha value is -2.01. The van der Waals surface area contributed by atoms with Gasteiger partial charge in [0.2, 0.25) is 10.0 Å². The first kappa shape index (κ1) is 18.3. The third-order valence-corrected chi connectivity index (χ3v) is 4.44. The second kappa shape index (κ2) is 7.26. The van der Waals surface area contributed by atoms with Gasteiger partial charge in [0.1, 0.15) is 0 Å². The van der Waals surface area contributed by atoms with Crippen LogP contribution in [0.5, 0.6) is 0 Å². The summed E-state index contributed by atoms with van der Waals surface area (Å²) in [6, 6.07) is 13.7. The molecule has 0 aliphatic carbocycles. The molecular weight excluding hydrogens is 320 g/mol. The van der Waals surface area contributed by atoms with Crippen LogP contribution < -0.4 is 10.0 Å². The van der Waals surface area contributed by atoms with Gasteiger partial charge in [-0.05, 0) is 47.2 Å². The summed E-state index contributed by atoms with van der Waals surface area (Å²) in [5, 5.41) is 3.52. The summed E-state index contributed by atoms with van der Waals surface area (Å²) in [4.78, 5) is 0. The summed E-state index contributed by atoms with van der Waals surface area (Å²) < 4.78 is 25.1. The van der Waals surface area contributed by atoms with Crippen LogP contribution in [-0.4, -0.2) is 14.7 Å². The van der Waals surface area contributed by atoms with E-state index in [4.69, 9.17) is 0 Å². The Bertz CT molecular complexity index is 768. The monoisotopic (exact) mass is 346 g/mol.